The minimum absolute atomic E-state index is 0.258. The van der Waals surface area contributed by atoms with Crippen LogP contribution in [0.25, 0.3) is 10.9 Å². The Morgan fingerprint density at radius 3 is 2.71 bits per heavy atom. The number of H-pyrrole nitrogens is 1. The number of piperazine rings is 1. The third kappa shape index (κ3) is 4.50. The first kappa shape index (κ1) is 19.3. The molecule has 0 spiro atoms. The van der Waals surface area contributed by atoms with E-state index in [9.17, 15) is 4.39 Å². The first-order valence-corrected chi connectivity index (χ1v) is 10.6. The van der Waals surface area contributed by atoms with Crippen LogP contribution in [0.15, 0.2) is 53.1 Å². The van der Waals surface area contributed by atoms with Gasteiger partial charge in [0, 0.05) is 49.0 Å². The van der Waals surface area contributed by atoms with Gasteiger partial charge < -0.3 is 14.6 Å². The minimum Gasteiger partial charge on any atom is -0.492 e. The number of aromatic amines is 1. The molecule has 4 nitrogen and oxygen atoms in total. The van der Waals surface area contributed by atoms with E-state index in [-0.39, 0.29) is 5.82 Å². The molecule has 148 valence electrons. The van der Waals surface area contributed by atoms with Gasteiger partial charge in [-0.3, -0.25) is 4.90 Å². The van der Waals surface area contributed by atoms with Crippen LogP contribution in [0.1, 0.15) is 12.8 Å². The van der Waals surface area contributed by atoms with Crippen LogP contribution in [0.3, 0.4) is 0 Å². The number of nitrogens with one attached hydrogen (secondary N) is 1. The monoisotopic (exact) mass is 445 g/mol. The molecule has 0 unspecified atom stereocenters. The molecule has 1 N–H and O–H groups in total. The van der Waals surface area contributed by atoms with E-state index in [1.54, 1.807) is 6.07 Å². The normalized spacial score (nSPS) is 15.3. The molecule has 1 fully saturated rings. The third-order valence-corrected chi connectivity index (χ3v) is 5.92. The zero-order valence-electron chi connectivity index (χ0n) is 15.8. The van der Waals surface area contributed by atoms with Gasteiger partial charge in [0.1, 0.15) is 11.6 Å². The fourth-order valence-corrected chi connectivity index (χ4v) is 4.23. The largest absolute Gasteiger partial charge is 0.492 e. The first-order chi connectivity index (χ1) is 13.7. The van der Waals surface area contributed by atoms with Crippen molar-refractivity contribution in [2.24, 2.45) is 0 Å². The van der Waals surface area contributed by atoms with E-state index in [0.717, 1.165) is 45.6 Å². The Morgan fingerprint density at radius 2 is 1.89 bits per heavy atom. The van der Waals surface area contributed by atoms with Crippen molar-refractivity contribution in [1.82, 2.24) is 9.88 Å². The molecule has 28 heavy (non-hydrogen) atoms. The van der Waals surface area contributed by atoms with Crippen molar-refractivity contribution >= 4 is 32.5 Å². The average Bonchev–Trinajstić information content (AvgIpc) is 3.19. The molecular weight excluding hydrogens is 421 g/mol. The number of anilines is 1. The molecule has 1 aliphatic heterocycles. The molecule has 2 heterocycles. The van der Waals surface area contributed by atoms with Gasteiger partial charge in [0.15, 0.2) is 0 Å². The van der Waals surface area contributed by atoms with Crippen LogP contribution in [0.4, 0.5) is 10.1 Å². The predicted molar refractivity (Wildman–Crippen MR) is 116 cm³/mol. The Hall–Kier alpha value is -2.05. The van der Waals surface area contributed by atoms with Crippen LogP contribution in [-0.2, 0) is 0 Å². The van der Waals surface area contributed by atoms with Gasteiger partial charge in [0.25, 0.3) is 0 Å². The standard InChI is InChI=1S/C22H25BrFN3O/c23-19-16-17(24)6-7-22(19)28-15-2-1-10-26-11-13-27(14-12-26)21-5-3-4-20-18(21)8-9-25-20/h3-9,16,25H,1-2,10-15H2. The second-order valence-corrected chi connectivity index (χ2v) is 8.03. The predicted octanol–water partition coefficient (Wildman–Crippen LogP) is 5.05. The number of halogens is 2. The summed E-state index contributed by atoms with van der Waals surface area (Å²) in [5, 5.41) is 1.31. The number of hydrogen-bond donors (Lipinski definition) is 1. The highest BCUT2D eigenvalue weighted by molar-refractivity contribution is 9.10. The summed E-state index contributed by atoms with van der Waals surface area (Å²) in [6.07, 6.45) is 4.11. The van der Waals surface area contributed by atoms with Gasteiger partial charge in [-0.2, -0.15) is 0 Å². The third-order valence-electron chi connectivity index (χ3n) is 5.31. The van der Waals surface area contributed by atoms with Crippen LogP contribution in [0, 0.1) is 5.82 Å². The molecule has 2 aromatic carbocycles. The summed E-state index contributed by atoms with van der Waals surface area (Å²) >= 11 is 3.34. The molecule has 1 aromatic heterocycles. The quantitative estimate of drug-likeness (QED) is 0.516. The smallest absolute Gasteiger partial charge is 0.133 e. The topological polar surface area (TPSA) is 31.5 Å². The van der Waals surface area contributed by atoms with E-state index < -0.39 is 0 Å². The number of rotatable bonds is 7. The van der Waals surface area contributed by atoms with Crippen molar-refractivity contribution in [1.29, 1.82) is 0 Å². The van der Waals surface area contributed by atoms with Crippen molar-refractivity contribution in [3.8, 4) is 5.75 Å². The highest BCUT2D eigenvalue weighted by Crippen LogP contribution is 2.27. The van der Waals surface area contributed by atoms with E-state index in [4.69, 9.17) is 4.74 Å². The Balaban J connectivity index is 1.18. The lowest BCUT2D eigenvalue weighted by Gasteiger charge is -2.36. The fraction of sp³-hybridized carbons (Fsp3) is 0.364. The molecular formula is C22H25BrFN3O. The van der Waals surface area contributed by atoms with Gasteiger partial charge in [-0.25, -0.2) is 4.39 Å². The number of fused-ring (bicyclic) bond motifs is 1. The lowest BCUT2D eigenvalue weighted by molar-refractivity contribution is 0.238. The number of nitrogens with zero attached hydrogens (tertiary/aromatic N) is 2. The van der Waals surface area contributed by atoms with Gasteiger partial charge in [0.05, 0.1) is 11.1 Å². The van der Waals surface area contributed by atoms with Gasteiger partial charge in [-0.1, -0.05) is 6.07 Å². The van der Waals surface area contributed by atoms with Crippen LogP contribution in [-0.4, -0.2) is 49.2 Å². The van der Waals surface area contributed by atoms with Crippen molar-refractivity contribution in [2.75, 3.05) is 44.2 Å². The lowest BCUT2D eigenvalue weighted by Crippen LogP contribution is -2.46. The average molecular weight is 446 g/mol. The number of hydrogen-bond acceptors (Lipinski definition) is 3. The van der Waals surface area contributed by atoms with Gasteiger partial charge >= 0.3 is 0 Å². The van der Waals surface area contributed by atoms with Gasteiger partial charge in [-0.05, 0) is 71.7 Å². The zero-order chi connectivity index (χ0) is 19.3. The molecule has 1 aliphatic rings. The molecule has 0 saturated carbocycles. The van der Waals surface area contributed by atoms with E-state index in [1.165, 1.54) is 28.7 Å². The highest BCUT2D eigenvalue weighted by atomic mass is 79.9. The maximum Gasteiger partial charge on any atom is 0.133 e. The van der Waals surface area contributed by atoms with Crippen LogP contribution < -0.4 is 9.64 Å². The molecule has 0 amide bonds. The molecule has 0 aliphatic carbocycles. The van der Waals surface area contributed by atoms with E-state index in [0.29, 0.717) is 16.8 Å². The summed E-state index contributed by atoms with van der Waals surface area (Å²) in [6, 6.07) is 13.2. The SMILES string of the molecule is Fc1ccc(OCCCCN2CCN(c3cccc4[nH]ccc34)CC2)c(Br)c1. The molecule has 0 bridgehead atoms. The number of benzene rings is 2. The Bertz CT molecular complexity index is 921. The second kappa shape index (κ2) is 8.97. The summed E-state index contributed by atoms with van der Waals surface area (Å²) in [5.74, 6) is 0.444. The maximum atomic E-state index is 13.1. The summed E-state index contributed by atoms with van der Waals surface area (Å²) < 4.78 is 19.5. The molecule has 6 heteroatoms. The summed E-state index contributed by atoms with van der Waals surface area (Å²) in [4.78, 5) is 8.31. The zero-order valence-corrected chi connectivity index (χ0v) is 17.4. The Labute approximate surface area is 173 Å². The number of unbranched alkanes of at least 4 members (excludes halogenated alkanes) is 1. The van der Waals surface area contributed by atoms with Crippen LogP contribution in [0.5, 0.6) is 5.75 Å². The Morgan fingerprint density at radius 1 is 1.04 bits per heavy atom. The molecule has 3 aromatic rings. The van der Waals surface area contributed by atoms with Crippen molar-refractivity contribution < 1.29 is 9.13 Å². The van der Waals surface area contributed by atoms with E-state index in [1.807, 2.05) is 6.20 Å². The minimum atomic E-state index is -0.258. The lowest BCUT2D eigenvalue weighted by atomic mass is 10.1. The van der Waals surface area contributed by atoms with Crippen molar-refractivity contribution in [3.05, 3.63) is 59.0 Å². The number of aromatic nitrogens is 1. The first-order valence-electron chi connectivity index (χ1n) is 9.82. The van der Waals surface area contributed by atoms with Crippen LogP contribution >= 0.6 is 15.9 Å². The van der Waals surface area contributed by atoms with Crippen molar-refractivity contribution in [3.63, 3.8) is 0 Å². The molecule has 0 atom stereocenters. The highest BCUT2D eigenvalue weighted by Gasteiger charge is 2.18. The van der Waals surface area contributed by atoms with Gasteiger partial charge in [0.2, 0.25) is 0 Å². The molecule has 1 saturated heterocycles. The van der Waals surface area contributed by atoms with Gasteiger partial charge in [-0.15, -0.1) is 0 Å². The summed E-state index contributed by atoms with van der Waals surface area (Å²) in [7, 11) is 0. The van der Waals surface area contributed by atoms with Crippen molar-refractivity contribution in [2.45, 2.75) is 12.8 Å². The fourth-order valence-electron chi connectivity index (χ4n) is 3.77. The number of ether oxygens (including phenoxy) is 1. The molecule has 0 radical (unpaired) electrons. The van der Waals surface area contributed by atoms with E-state index in [2.05, 4.69) is 55.0 Å². The summed E-state index contributed by atoms with van der Waals surface area (Å²) in [5.41, 5.74) is 2.53. The Kier molecular flexibility index (Phi) is 6.17. The van der Waals surface area contributed by atoms with E-state index >= 15 is 0 Å². The molecule has 4 rings (SSSR count). The van der Waals surface area contributed by atoms with Crippen LogP contribution in [0.2, 0.25) is 0 Å². The summed E-state index contributed by atoms with van der Waals surface area (Å²) in [6.45, 7) is 6.04. The second-order valence-electron chi connectivity index (χ2n) is 7.18. The maximum absolute atomic E-state index is 13.1.